The second-order valence-electron chi connectivity index (χ2n) is 8.46. The maximum atomic E-state index is 13.1. The van der Waals surface area contributed by atoms with E-state index in [1.807, 2.05) is 13.8 Å². The first-order valence-corrected chi connectivity index (χ1v) is 11.9. The zero-order valence-electron chi connectivity index (χ0n) is 17.6. The van der Waals surface area contributed by atoms with Crippen molar-refractivity contribution < 1.29 is 27.3 Å². The molecule has 3 fully saturated rings. The molecule has 11 nitrogen and oxygen atoms in total. The van der Waals surface area contributed by atoms with E-state index < -0.39 is 34.8 Å². The van der Waals surface area contributed by atoms with Crippen molar-refractivity contribution in [1.82, 2.24) is 19.2 Å². The molecule has 3 aliphatic rings. The lowest BCUT2D eigenvalue weighted by Gasteiger charge is -2.38. The zero-order chi connectivity index (χ0) is 21.9. The monoisotopic (exact) mass is 445 g/mol. The van der Waals surface area contributed by atoms with Gasteiger partial charge in [0, 0.05) is 44.6 Å². The average molecular weight is 445 g/mol. The second kappa shape index (κ2) is 9.49. The van der Waals surface area contributed by atoms with E-state index >= 15 is 0 Å². The van der Waals surface area contributed by atoms with E-state index in [4.69, 9.17) is 15.0 Å². The molecule has 3 aliphatic heterocycles. The molecule has 30 heavy (non-hydrogen) atoms. The van der Waals surface area contributed by atoms with Crippen molar-refractivity contribution in [2.45, 2.75) is 44.6 Å². The minimum Gasteiger partial charge on any atom is -0.498 e. The predicted octanol–water partition coefficient (Wildman–Crippen LogP) is -1.87. The van der Waals surface area contributed by atoms with Crippen LogP contribution >= 0.6 is 0 Å². The Morgan fingerprint density at radius 1 is 1.23 bits per heavy atom. The van der Waals surface area contributed by atoms with Crippen LogP contribution in [0.4, 0.5) is 0 Å². The van der Waals surface area contributed by atoms with E-state index in [0.717, 1.165) is 0 Å². The summed E-state index contributed by atoms with van der Waals surface area (Å²) in [4.78, 5) is 23.3. The van der Waals surface area contributed by atoms with Crippen LogP contribution in [0.25, 0.3) is 0 Å². The van der Waals surface area contributed by atoms with Crippen molar-refractivity contribution in [2.75, 3.05) is 45.8 Å². The highest BCUT2D eigenvalue weighted by molar-refractivity contribution is 7.86. The van der Waals surface area contributed by atoms with E-state index in [1.54, 1.807) is 4.31 Å². The van der Waals surface area contributed by atoms with Crippen molar-refractivity contribution in [3.63, 3.8) is 0 Å². The highest BCUT2D eigenvalue weighted by atomic mass is 32.2. The maximum Gasteiger partial charge on any atom is 0.598 e. The minimum atomic E-state index is -3.58. The lowest BCUT2D eigenvalue weighted by Crippen LogP contribution is -2.61. The maximum absolute atomic E-state index is 13.1. The topological polar surface area (TPSA) is 143 Å². The van der Waals surface area contributed by atoms with Crippen LogP contribution in [0.15, 0.2) is 0 Å². The van der Waals surface area contributed by atoms with E-state index in [0.29, 0.717) is 45.3 Å². The smallest absolute Gasteiger partial charge is 0.498 e. The fraction of sp³-hybridized carbons (Fsp3) is 0.882. The largest absolute Gasteiger partial charge is 0.598 e. The van der Waals surface area contributed by atoms with Gasteiger partial charge in [-0.15, -0.1) is 0 Å². The molecule has 3 rings (SSSR count). The van der Waals surface area contributed by atoms with Crippen molar-refractivity contribution in [1.29, 1.82) is 0 Å². The fourth-order valence-corrected chi connectivity index (χ4v) is 6.13. The third-order valence-corrected chi connectivity index (χ3v) is 8.11. The molecule has 0 unspecified atom stereocenters. The molecule has 0 aromatic rings. The normalized spacial score (nSPS) is 29.3. The van der Waals surface area contributed by atoms with Gasteiger partial charge < -0.3 is 20.4 Å². The minimum absolute atomic E-state index is 0.0127. The quantitative estimate of drug-likeness (QED) is 0.366. The van der Waals surface area contributed by atoms with Crippen LogP contribution in [-0.4, -0.2) is 93.5 Å². The summed E-state index contributed by atoms with van der Waals surface area (Å²) in [5.74, 6) is -0.994. The molecule has 0 aromatic heterocycles. The molecule has 0 saturated carbocycles. The molecule has 0 radical (unpaired) electrons. The molecule has 0 bridgehead atoms. The Hall–Kier alpha value is -1.25. The lowest BCUT2D eigenvalue weighted by molar-refractivity contribution is -0.141. The molecule has 0 aliphatic carbocycles. The van der Waals surface area contributed by atoms with Gasteiger partial charge in [-0.05, 0) is 19.3 Å². The van der Waals surface area contributed by atoms with Gasteiger partial charge in [-0.1, -0.05) is 13.3 Å². The fourth-order valence-electron chi connectivity index (χ4n) is 4.18. The van der Waals surface area contributed by atoms with Gasteiger partial charge in [-0.2, -0.15) is 17.0 Å². The molecule has 170 valence electrons. The molecule has 0 aromatic carbocycles. The van der Waals surface area contributed by atoms with E-state index in [2.05, 4.69) is 10.6 Å². The summed E-state index contributed by atoms with van der Waals surface area (Å²) in [5.41, 5.74) is 5.80. The molecular formula is C17H32BN5O6S. The lowest BCUT2D eigenvalue weighted by atomic mass is 9.78. The van der Waals surface area contributed by atoms with Crippen LogP contribution < -0.4 is 16.4 Å². The Labute approximate surface area is 178 Å². The number of nitrogens with one attached hydrogen (secondary N) is 2. The first-order chi connectivity index (χ1) is 14.1. The third kappa shape index (κ3) is 5.32. The summed E-state index contributed by atoms with van der Waals surface area (Å²) in [6.07, 6.45) is 1.58. The van der Waals surface area contributed by atoms with Crippen LogP contribution in [0.1, 0.15) is 26.7 Å². The summed E-state index contributed by atoms with van der Waals surface area (Å²) in [5, 5.41) is 5.74. The molecule has 3 saturated heterocycles. The van der Waals surface area contributed by atoms with Crippen LogP contribution in [-0.2, 0) is 29.1 Å². The standard InChI is InChI=1S/C17H32BN5O6S/c1-3-23(14-7-20-8-14)30(26,27)22-11-13(17(2,19)12-22)5-4-6-18-28-15(24)9-21-10-16(25)29-18/h13-14,20-21H,3-12,19H2,1-2H3/t13-,17-/m0/s1. The number of rotatable bonds is 8. The number of carbonyl (C=O) groups is 2. The van der Waals surface area contributed by atoms with Crippen LogP contribution in [0.2, 0.25) is 6.32 Å². The number of nitrogens with zero attached hydrogens (tertiary/aromatic N) is 2. The predicted molar refractivity (Wildman–Crippen MR) is 110 cm³/mol. The third-order valence-electron chi connectivity index (χ3n) is 6.03. The first-order valence-electron chi connectivity index (χ1n) is 10.5. The van der Waals surface area contributed by atoms with Gasteiger partial charge in [0.25, 0.3) is 10.2 Å². The number of likely N-dealkylation sites (N-methyl/N-ethyl adjacent to an activating group) is 1. The summed E-state index contributed by atoms with van der Waals surface area (Å²) in [6.45, 7) is 6.00. The van der Waals surface area contributed by atoms with Crippen molar-refractivity contribution >= 4 is 29.3 Å². The molecule has 0 amide bonds. The van der Waals surface area contributed by atoms with Crippen molar-refractivity contribution in [2.24, 2.45) is 11.7 Å². The van der Waals surface area contributed by atoms with Crippen LogP contribution in [0.5, 0.6) is 0 Å². The Kier molecular flexibility index (Phi) is 7.41. The molecule has 2 atom stereocenters. The molecular weight excluding hydrogens is 413 g/mol. The number of nitrogens with two attached hydrogens (primary N) is 1. The SMILES string of the molecule is CCN(C1CNC1)S(=O)(=O)N1C[C@H](CCCB2OC(=O)CNCC(=O)O2)[C@@](C)(N)C1. The number of carbonyl (C=O) groups excluding carboxylic acids is 2. The summed E-state index contributed by atoms with van der Waals surface area (Å²) in [6, 6.07) is -0.0127. The summed E-state index contributed by atoms with van der Waals surface area (Å²) >= 11 is 0. The van der Waals surface area contributed by atoms with E-state index in [9.17, 15) is 18.0 Å². The van der Waals surface area contributed by atoms with Gasteiger partial charge in [-0.25, -0.2) is 0 Å². The molecule has 3 heterocycles. The summed E-state index contributed by atoms with van der Waals surface area (Å²) < 4.78 is 39.6. The van der Waals surface area contributed by atoms with Gasteiger partial charge in [0.05, 0.1) is 19.1 Å². The van der Waals surface area contributed by atoms with Gasteiger partial charge in [0.1, 0.15) is 0 Å². The summed E-state index contributed by atoms with van der Waals surface area (Å²) in [7, 11) is -4.50. The Bertz CT molecular complexity index is 729. The van der Waals surface area contributed by atoms with Crippen molar-refractivity contribution in [3.8, 4) is 0 Å². The molecule has 4 N–H and O–H groups in total. The second-order valence-corrected chi connectivity index (χ2v) is 10.3. The van der Waals surface area contributed by atoms with Gasteiger partial charge in [0.2, 0.25) is 0 Å². The Morgan fingerprint density at radius 2 is 1.87 bits per heavy atom. The Balaban J connectivity index is 1.56. The first kappa shape index (κ1) is 23.4. The van der Waals surface area contributed by atoms with Crippen molar-refractivity contribution in [3.05, 3.63) is 0 Å². The average Bonchev–Trinajstić information content (AvgIpc) is 2.91. The van der Waals surface area contributed by atoms with Gasteiger partial charge >= 0.3 is 19.1 Å². The van der Waals surface area contributed by atoms with Gasteiger partial charge in [0.15, 0.2) is 0 Å². The van der Waals surface area contributed by atoms with Crippen LogP contribution in [0, 0.1) is 5.92 Å². The van der Waals surface area contributed by atoms with Crippen LogP contribution in [0.3, 0.4) is 0 Å². The number of hydrogen-bond acceptors (Lipinski definition) is 9. The van der Waals surface area contributed by atoms with E-state index in [1.165, 1.54) is 4.31 Å². The van der Waals surface area contributed by atoms with Gasteiger partial charge in [-0.3, -0.25) is 14.9 Å². The molecule has 13 heteroatoms. The zero-order valence-corrected chi connectivity index (χ0v) is 18.4. The number of hydrogen-bond donors (Lipinski definition) is 3. The highest BCUT2D eigenvalue weighted by Crippen LogP contribution is 2.33. The van der Waals surface area contributed by atoms with E-state index in [-0.39, 0.29) is 31.6 Å². The highest BCUT2D eigenvalue weighted by Gasteiger charge is 2.47. The Morgan fingerprint density at radius 3 is 2.40 bits per heavy atom. The molecule has 0 spiro atoms.